The third-order valence-corrected chi connectivity index (χ3v) is 3.08. The molecule has 0 fully saturated rings. The van der Waals surface area contributed by atoms with Gasteiger partial charge in [0.05, 0.1) is 11.5 Å². The second kappa shape index (κ2) is 6.12. The fourth-order valence-corrected chi connectivity index (χ4v) is 1.74. The molecule has 0 aromatic heterocycles. The Morgan fingerprint density at radius 2 is 2.05 bits per heavy atom. The monoisotopic (exact) mass is 266 g/mol. The molecule has 1 rings (SSSR count). The summed E-state index contributed by atoms with van der Waals surface area (Å²) in [6, 6.07) is 5.31. The largest absolute Gasteiger partial charge is 0.394 e. The second-order valence-corrected chi connectivity index (χ2v) is 5.70. The maximum Gasteiger partial charge on any atom is 0.273 e. The molecule has 1 aromatic rings. The molecule has 0 spiro atoms. The van der Waals surface area contributed by atoms with Crippen molar-refractivity contribution in [3.63, 3.8) is 0 Å². The van der Waals surface area contributed by atoms with Crippen LogP contribution in [-0.4, -0.2) is 22.2 Å². The van der Waals surface area contributed by atoms with E-state index in [9.17, 15) is 10.1 Å². The maximum atomic E-state index is 11.1. The number of hydrogen-bond donors (Lipinski definition) is 2. The lowest BCUT2D eigenvalue weighted by atomic mass is 9.99. The molecule has 0 amide bonds. The van der Waals surface area contributed by atoms with Gasteiger partial charge in [0.1, 0.15) is 0 Å². The smallest absolute Gasteiger partial charge is 0.273 e. The van der Waals surface area contributed by atoms with Crippen LogP contribution < -0.4 is 5.32 Å². The van der Waals surface area contributed by atoms with Gasteiger partial charge in [-0.15, -0.1) is 0 Å². The van der Waals surface area contributed by atoms with Gasteiger partial charge in [0.25, 0.3) is 5.69 Å². The van der Waals surface area contributed by atoms with Crippen molar-refractivity contribution in [2.75, 3.05) is 6.61 Å². The first kappa shape index (κ1) is 15.6. The highest BCUT2D eigenvalue weighted by Crippen LogP contribution is 2.27. The van der Waals surface area contributed by atoms with Gasteiger partial charge in [-0.05, 0) is 25.3 Å². The minimum atomic E-state index is -0.397. The minimum absolute atomic E-state index is 0.0131. The molecule has 0 saturated carbocycles. The first-order valence-corrected chi connectivity index (χ1v) is 6.40. The Morgan fingerprint density at radius 1 is 1.42 bits per heavy atom. The number of nitro groups is 1. The van der Waals surface area contributed by atoms with E-state index < -0.39 is 5.54 Å². The lowest BCUT2D eigenvalue weighted by molar-refractivity contribution is -0.385. The van der Waals surface area contributed by atoms with Crippen LogP contribution in [0, 0.1) is 10.1 Å². The summed E-state index contributed by atoms with van der Waals surface area (Å²) in [6.07, 6.45) is 0. The molecule has 5 heteroatoms. The van der Waals surface area contributed by atoms with E-state index in [1.165, 1.54) is 0 Å². The Balaban J connectivity index is 2.93. The molecular weight excluding hydrogens is 244 g/mol. The Kier molecular flexibility index (Phi) is 5.03. The maximum absolute atomic E-state index is 11.1. The molecule has 0 aliphatic rings. The van der Waals surface area contributed by atoms with Gasteiger partial charge in [-0.1, -0.05) is 26.0 Å². The quantitative estimate of drug-likeness (QED) is 0.613. The fourth-order valence-electron chi connectivity index (χ4n) is 1.74. The molecule has 2 N–H and O–H groups in total. The van der Waals surface area contributed by atoms with E-state index in [0.29, 0.717) is 6.54 Å². The standard InChI is InChI=1S/C14H22N2O3/c1-10(2)12-6-5-11(7-13(12)16(18)19)8-15-14(3,4)9-17/h5-7,10,15,17H,8-9H2,1-4H3. The second-order valence-electron chi connectivity index (χ2n) is 5.70. The molecule has 0 aliphatic carbocycles. The minimum Gasteiger partial charge on any atom is -0.394 e. The van der Waals surface area contributed by atoms with Crippen LogP contribution in [-0.2, 0) is 6.54 Å². The molecule has 1 aromatic carbocycles. The lowest BCUT2D eigenvalue weighted by Gasteiger charge is -2.23. The molecule has 0 saturated heterocycles. The number of aliphatic hydroxyl groups is 1. The van der Waals surface area contributed by atoms with E-state index in [2.05, 4.69) is 5.32 Å². The summed E-state index contributed by atoms with van der Waals surface area (Å²) < 4.78 is 0. The first-order valence-electron chi connectivity index (χ1n) is 6.40. The molecule has 0 aliphatic heterocycles. The summed E-state index contributed by atoms with van der Waals surface area (Å²) in [5.41, 5.74) is 1.36. The van der Waals surface area contributed by atoms with E-state index in [1.54, 1.807) is 6.07 Å². The molecule has 19 heavy (non-hydrogen) atoms. The van der Waals surface area contributed by atoms with Crippen molar-refractivity contribution in [1.82, 2.24) is 5.32 Å². The van der Waals surface area contributed by atoms with Gasteiger partial charge >= 0.3 is 0 Å². The van der Waals surface area contributed by atoms with E-state index in [0.717, 1.165) is 11.1 Å². The predicted octanol–water partition coefficient (Wildman–Crippen LogP) is 2.58. The molecule has 0 bridgehead atoms. The molecule has 0 radical (unpaired) electrons. The normalized spacial score (nSPS) is 11.9. The van der Waals surface area contributed by atoms with Crippen molar-refractivity contribution in [3.05, 3.63) is 39.4 Å². The number of nitro benzene ring substituents is 1. The summed E-state index contributed by atoms with van der Waals surface area (Å²) in [5.74, 6) is 0.122. The van der Waals surface area contributed by atoms with E-state index in [4.69, 9.17) is 5.11 Å². The van der Waals surface area contributed by atoms with Crippen LogP contribution >= 0.6 is 0 Å². The van der Waals surface area contributed by atoms with Gasteiger partial charge in [0.2, 0.25) is 0 Å². The molecule has 106 valence electrons. The Morgan fingerprint density at radius 3 is 2.53 bits per heavy atom. The molecule has 0 heterocycles. The zero-order chi connectivity index (χ0) is 14.6. The van der Waals surface area contributed by atoms with Gasteiger partial charge in [-0.2, -0.15) is 0 Å². The highest BCUT2D eigenvalue weighted by Gasteiger charge is 2.19. The fraction of sp³-hybridized carbons (Fsp3) is 0.571. The van der Waals surface area contributed by atoms with Crippen molar-refractivity contribution in [2.24, 2.45) is 0 Å². The van der Waals surface area contributed by atoms with E-state index in [1.807, 2.05) is 39.8 Å². The van der Waals surface area contributed by atoms with Crippen LogP contribution in [0.25, 0.3) is 0 Å². The van der Waals surface area contributed by atoms with Crippen LogP contribution in [0.1, 0.15) is 44.7 Å². The van der Waals surface area contributed by atoms with Crippen LogP contribution in [0.2, 0.25) is 0 Å². The van der Waals surface area contributed by atoms with Gasteiger partial charge in [-0.25, -0.2) is 0 Å². The predicted molar refractivity (Wildman–Crippen MR) is 75.2 cm³/mol. The zero-order valence-corrected chi connectivity index (χ0v) is 11.9. The van der Waals surface area contributed by atoms with Crippen molar-refractivity contribution < 1.29 is 10.0 Å². The van der Waals surface area contributed by atoms with Crippen LogP contribution in [0.3, 0.4) is 0 Å². The molecular formula is C14H22N2O3. The van der Waals surface area contributed by atoms with Crippen LogP contribution in [0.15, 0.2) is 18.2 Å². The van der Waals surface area contributed by atoms with Gasteiger partial charge in [0, 0.05) is 23.7 Å². The molecule has 5 nitrogen and oxygen atoms in total. The SMILES string of the molecule is CC(C)c1ccc(CNC(C)(C)CO)cc1[N+](=O)[O-]. The highest BCUT2D eigenvalue weighted by molar-refractivity contribution is 5.45. The van der Waals surface area contributed by atoms with Crippen molar-refractivity contribution in [2.45, 2.75) is 45.7 Å². The van der Waals surface area contributed by atoms with Gasteiger partial charge in [0.15, 0.2) is 0 Å². The van der Waals surface area contributed by atoms with Gasteiger partial charge in [-0.3, -0.25) is 10.1 Å². The molecule has 0 unspecified atom stereocenters. The van der Waals surface area contributed by atoms with Gasteiger partial charge < -0.3 is 10.4 Å². The topological polar surface area (TPSA) is 75.4 Å². The highest BCUT2D eigenvalue weighted by atomic mass is 16.6. The Labute approximate surface area is 113 Å². The van der Waals surface area contributed by atoms with Crippen molar-refractivity contribution >= 4 is 5.69 Å². The number of nitrogens with one attached hydrogen (secondary N) is 1. The summed E-state index contributed by atoms with van der Waals surface area (Å²) in [6.45, 7) is 8.14. The Hall–Kier alpha value is -1.46. The number of nitrogens with zero attached hydrogens (tertiary/aromatic N) is 1. The molecule has 0 atom stereocenters. The van der Waals surface area contributed by atoms with Crippen LogP contribution in [0.5, 0.6) is 0 Å². The first-order chi connectivity index (χ1) is 8.76. The van der Waals surface area contributed by atoms with Crippen molar-refractivity contribution in [1.29, 1.82) is 0 Å². The summed E-state index contributed by atoms with van der Waals surface area (Å²) in [5, 5.41) is 23.4. The summed E-state index contributed by atoms with van der Waals surface area (Å²) in [4.78, 5) is 10.7. The lowest BCUT2D eigenvalue weighted by Crippen LogP contribution is -2.42. The van der Waals surface area contributed by atoms with Crippen LogP contribution in [0.4, 0.5) is 5.69 Å². The van der Waals surface area contributed by atoms with E-state index in [-0.39, 0.29) is 23.1 Å². The number of aliphatic hydroxyl groups excluding tert-OH is 1. The average molecular weight is 266 g/mol. The third kappa shape index (κ3) is 4.29. The number of hydrogen-bond acceptors (Lipinski definition) is 4. The zero-order valence-electron chi connectivity index (χ0n) is 11.9. The third-order valence-electron chi connectivity index (χ3n) is 3.08. The average Bonchev–Trinajstić information content (AvgIpc) is 2.36. The Bertz CT molecular complexity index is 456. The summed E-state index contributed by atoms with van der Waals surface area (Å²) >= 11 is 0. The number of rotatable bonds is 6. The number of benzene rings is 1. The van der Waals surface area contributed by atoms with E-state index >= 15 is 0 Å². The summed E-state index contributed by atoms with van der Waals surface area (Å²) in [7, 11) is 0. The van der Waals surface area contributed by atoms with Crippen molar-refractivity contribution in [3.8, 4) is 0 Å².